The summed E-state index contributed by atoms with van der Waals surface area (Å²) in [7, 11) is 1.29. The van der Waals surface area contributed by atoms with Gasteiger partial charge in [0.05, 0.1) is 18.4 Å². The van der Waals surface area contributed by atoms with Crippen molar-refractivity contribution in [3.05, 3.63) is 58.6 Å². The number of aryl methyl sites for hydroxylation is 1. The maximum atomic E-state index is 12.4. The van der Waals surface area contributed by atoms with Crippen molar-refractivity contribution >= 4 is 29.2 Å². The van der Waals surface area contributed by atoms with Gasteiger partial charge in [0, 0.05) is 5.02 Å². The highest BCUT2D eigenvalue weighted by atomic mass is 35.5. The summed E-state index contributed by atoms with van der Waals surface area (Å²) in [5.74, 6) is -0.407. The normalized spacial score (nSPS) is 11.5. The number of hydrogen-bond acceptors (Lipinski definition) is 4. The highest BCUT2D eigenvalue weighted by Crippen LogP contribution is 2.23. The van der Waals surface area contributed by atoms with Crippen LogP contribution in [-0.2, 0) is 9.53 Å². The number of para-hydroxylation sites is 1. The second kappa shape index (κ2) is 7.84. The van der Waals surface area contributed by atoms with Gasteiger partial charge in [0.15, 0.2) is 6.10 Å². The fourth-order valence-electron chi connectivity index (χ4n) is 2.14. The third-order valence-electron chi connectivity index (χ3n) is 3.40. The lowest BCUT2D eigenvalue weighted by atomic mass is 10.1. The van der Waals surface area contributed by atoms with Gasteiger partial charge in [-0.05, 0) is 43.7 Å². The fraction of sp³-hybridized carbons (Fsp3) is 0.222. The van der Waals surface area contributed by atoms with Gasteiger partial charge in [0.1, 0.15) is 5.75 Å². The highest BCUT2D eigenvalue weighted by Gasteiger charge is 2.20. The predicted molar refractivity (Wildman–Crippen MR) is 92.7 cm³/mol. The van der Waals surface area contributed by atoms with Crippen molar-refractivity contribution in [3.8, 4) is 5.75 Å². The van der Waals surface area contributed by atoms with E-state index in [0.717, 1.165) is 5.56 Å². The summed E-state index contributed by atoms with van der Waals surface area (Å²) in [4.78, 5) is 24.2. The Morgan fingerprint density at radius 1 is 1.17 bits per heavy atom. The van der Waals surface area contributed by atoms with Crippen molar-refractivity contribution in [2.75, 3.05) is 12.4 Å². The van der Waals surface area contributed by atoms with Crippen LogP contribution in [0.25, 0.3) is 0 Å². The molecule has 1 unspecified atom stereocenters. The summed E-state index contributed by atoms with van der Waals surface area (Å²) in [6.45, 7) is 3.41. The standard InChI is InChI=1S/C18H18ClNO4/c1-11-6-4-9-15(18(22)23-3)16(11)20-17(21)12(2)24-14-8-5-7-13(19)10-14/h4-10,12H,1-3H3,(H,20,21). The smallest absolute Gasteiger partial charge is 0.339 e. The second-order valence-electron chi connectivity index (χ2n) is 5.20. The zero-order valence-electron chi connectivity index (χ0n) is 13.6. The maximum absolute atomic E-state index is 12.4. The monoisotopic (exact) mass is 347 g/mol. The summed E-state index contributed by atoms with van der Waals surface area (Å²) in [5.41, 5.74) is 1.46. The van der Waals surface area contributed by atoms with Crippen molar-refractivity contribution in [1.82, 2.24) is 0 Å². The molecule has 0 aromatic heterocycles. The van der Waals surface area contributed by atoms with E-state index in [1.54, 1.807) is 56.3 Å². The first-order valence-electron chi connectivity index (χ1n) is 7.33. The molecular formula is C18H18ClNO4. The second-order valence-corrected chi connectivity index (χ2v) is 5.63. The summed E-state index contributed by atoms with van der Waals surface area (Å²) in [6, 6.07) is 11.9. The lowest BCUT2D eigenvalue weighted by Crippen LogP contribution is -2.31. The Bertz CT molecular complexity index is 760. The van der Waals surface area contributed by atoms with Crippen LogP contribution in [-0.4, -0.2) is 25.1 Å². The maximum Gasteiger partial charge on any atom is 0.339 e. The molecule has 24 heavy (non-hydrogen) atoms. The van der Waals surface area contributed by atoms with Crippen LogP contribution in [0, 0.1) is 6.92 Å². The minimum Gasteiger partial charge on any atom is -0.481 e. The van der Waals surface area contributed by atoms with Crippen LogP contribution in [0.4, 0.5) is 5.69 Å². The molecule has 0 heterocycles. The molecule has 0 radical (unpaired) electrons. The van der Waals surface area contributed by atoms with Crippen LogP contribution in [0.1, 0.15) is 22.8 Å². The number of anilines is 1. The molecule has 1 atom stereocenters. The van der Waals surface area contributed by atoms with Gasteiger partial charge in [0.25, 0.3) is 5.91 Å². The zero-order chi connectivity index (χ0) is 17.7. The number of carbonyl (C=O) groups is 2. The van der Waals surface area contributed by atoms with E-state index in [-0.39, 0.29) is 5.91 Å². The number of nitrogens with one attached hydrogen (secondary N) is 1. The number of hydrogen-bond donors (Lipinski definition) is 1. The minimum atomic E-state index is -0.770. The van der Waals surface area contributed by atoms with E-state index in [1.807, 2.05) is 0 Å². The summed E-state index contributed by atoms with van der Waals surface area (Å²) in [6.07, 6.45) is -0.770. The molecule has 2 aromatic rings. The van der Waals surface area contributed by atoms with Crippen molar-refractivity contribution in [2.24, 2.45) is 0 Å². The number of benzene rings is 2. The number of methoxy groups -OCH3 is 1. The lowest BCUT2D eigenvalue weighted by molar-refractivity contribution is -0.122. The first-order chi connectivity index (χ1) is 11.4. The van der Waals surface area contributed by atoms with Crippen molar-refractivity contribution in [1.29, 1.82) is 0 Å². The zero-order valence-corrected chi connectivity index (χ0v) is 14.4. The van der Waals surface area contributed by atoms with E-state index < -0.39 is 12.1 Å². The van der Waals surface area contributed by atoms with E-state index in [0.29, 0.717) is 22.0 Å². The molecule has 6 heteroatoms. The molecule has 1 N–H and O–H groups in total. The summed E-state index contributed by atoms with van der Waals surface area (Å²) < 4.78 is 10.3. The van der Waals surface area contributed by atoms with Gasteiger partial charge in [-0.15, -0.1) is 0 Å². The van der Waals surface area contributed by atoms with Gasteiger partial charge in [-0.25, -0.2) is 4.79 Å². The molecule has 0 fully saturated rings. The van der Waals surface area contributed by atoms with Gasteiger partial charge < -0.3 is 14.8 Å². The number of halogens is 1. The fourth-order valence-corrected chi connectivity index (χ4v) is 2.32. The summed E-state index contributed by atoms with van der Waals surface area (Å²) in [5, 5.41) is 3.25. The van der Waals surface area contributed by atoms with Gasteiger partial charge in [-0.2, -0.15) is 0 Å². The van der Waals surface area contributed by atoms with Crippen LogP contribution in [0.15, 0.2) is 42.5 Å². The van der Waals surface area contributed by atoms with Crippen LogP contribution in [0.3, 0.4) is 0 Å². The predicted octanol–water partition coefficient (Wildman–Crippen LogP) is 3.84. The molecule has 0 saturated carbocycles. The molecule has 0 aliphatic carbocycles. The molecule has 126 valence electrons. The lowest BCUT2D eigenvalue weighted by Gasteiger charge is -2.17. The first kappa shape index (κ1) is 17.8. The van der Waals surface area contributed by atoms with E-state index in [1.165, 1.54) is 7.11 Å². The number of ether oxygens (including phenoxy) is 2. The Balaban J connectivity index is 2.16. The number of amides is 1. The van der Waals surface area contributed by atoms with E-state index in [4.69, 9.17) is 21.1 Å². The van der Waals surface area contributed by atoms with Gasteiger partial charge >= 0.3 is 5.97 Å². The Kier molecular flexibility index (Phi) is 5.82. The van der Waals surface area contributed by atoms with E-state index >= 15 is 0 Å². The minimum absolute atomic E-state index is 0.292. The Labute approximate surface area is 145 Å². The Morgan fingerprint density at radius 3 is 2.54 bits per heavy atom. The van der Waals surface area contributed by atoms with Crippen LogP contribution < -0.4 is 10.1 Å². The van der Waals surface area contributed by atoms with E-state index in [9.17, 15) is 9.59 Å². The van der Waals surface area contributed by atoms with Crippen LogP contribution in [0.2, 0.25) is 5.02 Å². The highest BCUT2D eigenvalue weighted by molar-refractivity contribution is 6.30. The third kappa shape index (κ3) is 4.26. The van der Waals surface area contributed by atoms with Crippen molar-refractivity contribution in [3.63, 3.8) is 0 Å². The molecular weight excluding hydrogens is 330 g/mol. The molecule has 0 spiro atoms. The molecule has 0 saturated heterocycles. The van der Waals surface area contributed by atoms with Gasteiger partial charge in [-0.1, -0.05) is 29.8 Å². The number of carbonyl (C=O) groups excluding carboxylic acids is 2. The molecule has 1 amide bonds. The Hall–Kier alpha value is -2.53. The molecule has 0 aliphatic heterocycles. The SMILES string of the molecule is COC(=O)c1cccc(C)c1NC(=O)C(C)Oc1cccc(Cl)c1. The molecule has 5 nitrogen and oxygen atoms in total. The number of rotatable bonds is 5. The van der Waals surface area contributed by atoms with Gasteiger partial charge in [-0.3, -0.25) is 4.79 Å². The van der Waals surface area contributed by atoms with Crippen molar-refractivity contribution in [2.45, 2.75) is 20.0 Å². The van der Waals surface area contributed by atoms with Crippen molar-refractivity contribution < 1.29 is 19.1 Å². The molecule has 2 aromatic carbocycles. The van der Waals surface area contributed by atoms with Crippen LogP contribution >= 0.6 is 11.6 Å². The van der Waals surface area contributed by atoms with Gasteiger partial charge in [0.2, 0.25) is 0 Å². The first-order valence-corrected chi connectivity index (χ1v) is 7.71. The molecule has 0 bridgehead atoms. The van der Waals surface area contributed by atoms with Crippen LogP contribution in [0.5, 0.6) is 5.75 Å². The topological polar surface area (TPSA) is 64.6 Å². The third-order valence-corrected chi connectivity index (χ3v) is 3.64. The summed E-state index contributed by atoms with van der Waals surface area (Å²) >= 11 is 5.90. The van der Waals surface area contributed by atoms with E-state index in [2.05, 4.69) is 5.32 Å². The Morgan fingerprint density at radius 2 is 1.88 bits per heavy atom. The quantitative estimate of drug-likeness (QED) is 0.834. The number of esters is 1. The average Bonchev–Trinajstić information content (AvgIpc) is 2.55. The molecule has 2 rings (SSSR count). The molecule has 0 aliphatic rings. The largest absolute Gasteiger partial charge is 0.481 e. The average molecular weight is 348 g/mol.